The first kappa shape index (κ1) is 24.1. The second-order valence-corrected chi connectivity index (χ2v) is 8.74. The molecule has 2 aromatic carbocycles. The normalized spacial score (nSPS) is 14.2. The molecule has 9 nitrogen and oxygen atoms in total. The Morgan fingerprint density at radius 1 is 1.03 bits per heavy atom. The first-order valence-corrected chi connectivity index (χ1v) is 12.1. The zero-order valence-corrected chi connectivity index (χ0v) is 21.0. The predicted octanol–water partition coefficient (Wildman–Crippen LogP) is 4.32. The maximum Gasteiger partial charge on any atom is 0.253 e. The molecule has 1 fully saturated rings. The molecule has 1 N–H and O–H groups in total. The molecule has 9 heteroatoms. The van der Waals surface area contributed by atoms with E-state index in [0.717, 1.165) is 22.4 Å². The van der Waals surface area contributed by atoms with Crippen LogP contribution in [-0.2, 0) is 4.74 Å². The van der Waals surface area contributed by atoms with Gasteiger partial charge in [0.2, 0.25) is 0 Å². The minimum atomic E-state index is 0.00493. The Hall–Kier alpha value is -4.66. The van der Waals surface area contributed by atoms with E-state index >= 15 is 0 Å². The molecule has 0 saturated carbocycles. The van der Waals surface area contributed by atoms with Crippen molar-refractivity contribution in [2.45, 2.75) is 6.92 Å². The van der Waals surface area contributed by atoms with Gasteiger partial charge in [0.15, 0.2) is 11.5 Å². The van der Waals surface area contributed by atoms with Crippen molar-refractivity contribution in [1.29, 1.82) is 0 Å². The van der Waals surface area contributed by atoms with Crippen LogP contribution in [0.1, 0.15) is 16.2 Å². The first-order valence-electron chi connectivity index (χ1n) is 12.1. The average Bonchev–Trinajstić information content (AvgIpc) is 3.33. The van der Waals surface area contributed by atoms with Crippen molar-refractivity contribution in [3.05, 3.63) is 96.7 Å². The lowest BCUT2D eigenvalue weighted by Gasteiger charge is -2.37. The molecule has 5 rings (SSSR count). The Kier molecular flexibility index (Phi) is 6.59. The topological polar surface area (TPSA) is 87.9 Å². The number of carbonyl (C=O) groups is 1. The van der Waals surface area contributed by atoms with Crippen molar-refractivity contribution in [2.24, 2.45) is 0 Å². The number of nitrogens with zero attached hydrogens (tertiary/aromatic N) is 6. The summed E-state index contributed by atoms with van der Waals surface area (Å²) in [6, 6.07) is 15.2. The summed E-state index contributed by atoms with van der Waals surface area (Å²) in [5, 5.41) is 7.87. The second kappa shape index (κ2) is 10.1. The number of hydrogen-bond donors (Lipinski definition) is 1. The Labute approximate surface area is 215 Å². The molecule has 0 bridgehead atoms. The SMILES string of the molecule is C=C/C=C(\C(=C)OC)N1CCN(C(=O)c2ccc(Nc3nc4ccccc4n4nc(C)nc34)cc2)CC1. The molecule has 2 aromatic heterocycles. The summed E-state index contributed by atoms with van der Waals surface area (Å²) in [7, 11) is 1.60. The van der Waals surface area contributed by atoms with Crippen LogP contribution in [0, 0.1) is 6.92 Å². The number of aryl methyl sites for hydroxylation is 1. The number of para-hydroxylation sites is 2. The number of rotatable bonds is 7. The molecule has 0 aliphatic carbocycles. The number of ether oxygens (including phenoxy) is 1. The highest BCUT2D eigenvalue weighted by molar-refractivity contribution is 5.95. The van der Waals surface area contributed by atoms with Crippen molar-refractivity contribution in [3.63, 3.8) is 0 Å². The summed E-state index contributed by atoms with van der Waals surface area (Å²) in [6.45, 7) is 12.2. The maximum absolute atomic E-state index is 13.2. The van der Waals surface area contributed by atoms with Gasteiger partial charge in [-0.2, -0.15) is 5.10 Å². The van der Waals surface area contributed by atoms with Crippen LogP contribution in [0.5, 0.6) is 0 Å². The van der Waals surface area contributed by atoms with Gasteiger partial charge in [0.25, 0.3) is 5.91 Å². The van der Waals surface area contributed by atoms with Crippen molar-refractivity contribution < 1.29 is 9.53 Å². The number of amides is 1. The molecule has 1 aliphatic rings. The average molecular weight is 496 g/mol. The largest absolute Gasteiger partial charge is 0.495 e. The fourth-order valence-corrected chi connectivity index (χ4v) is 4.49. The van der Waals surface area contributed by atoms with Gasteiger partial charge in [0.05, 0.1) is 23.8 Å². The second-order valence-electron chi connectivity index (χ2n) is 8.74. The molecule has 0 atom stereocenters. The number of methoxy groups -OCH3 is 1. The van der Waals surface area contributed by atoms with Crippen molar-refractivity contribution >= 4 is 34.1 Å². The fourth-order valence-electron chi connectivity index (χ4n) is 4.49. The number of carbonyl (C=O) groups excluding carboxylic acids is 1. The maximum atomic E-state index is 13.2. The molecule has 1 aliphatic heterocycles. The van der Waals surface area contributed by atoms with Gasteiger partial charge in [0, 0.05) is 37.4 Å². The van der Waals surface area contributed by atoms with Crippen molar-refractivity contribution in [2.75, 3.05) is 38.6 Å². The first-order chi connectivity index (χ1) is 18.0. The van der Waals surface area contributed by atoms with Crippen LogP contribution in [0.4, 0.5) is 11.5 Å². The summed E-state index contributed by atoms with van der Waals surface area (Å²) in [5.41, 5.74) is 4.69. The molecule has 1 saturated heterocycles. The summed E-state index contributed by atoms with van der Waals surface area (Å²) >= 11 is 0. The van der Waals surface area contributed by atoms with Crippen LogP contribution in [0.15, 0.2) is 85.3 Å². The summed E-state index contributed by atoms with van der Waals surface area (Å²) < 4.78 is 7.11. The van der Waals surface area contributed by atoms with Gasteiger partial charge in [-0.25, -0.2) is 14.5 Å². The van der Waals surface area contributed by atoms with E-state index in [1.54, 1.807) is 17.7 Å². The Bertz CT molecular complexity index is 1510. The minimum absolute atomic E-state index is 0.00493. The van der Waals surface area contributed by atoms with E-state index in [2.05, 4.69) is 33.5 Å². The molecular weight excluding hydrogens is 466 g/mol. The predicted molar refractivity (Wildman–Crippen MR) is 145 cm³/mol. The van der Waals surface area contributed by atoms with E-state index in [1.165, 1.54) is 0 Å². The quantitative estimate of drug-likeness (QED) is 0.302. The third kappa shape index (κ3) is 4.75. The molecule has 3 heterocycles. The fraction of sp³-hybridized carbons (Fsp3) is 0.214. The minimum Gasteiger partial charge on any atom is -0.495 e. The third-order valence-electron chi connectivity index (χ3n) is 6.38. The highest BCUT2D eigenvalue weighted by Gasteiger charge is 2.24. The van der Waals surface area contributed by atoms with E-state index < -0.39 is 0 Å². The number of nitrogens with one attached hydrogen (secondary N) is 1. The van der Waals surface area contributed by atoms with Crippen LogP contribution in [0.3, 0.4) is 0 Å². The van der Waals surface area contributed by atoms with Gasteiger partial charge in [-0.1, -0.05) is 31.4 Å². The summed E-state index contributed by atoms with van der Waals surface area (Å²) in [4.78, 5) is 26.5. The van der Waals surface area contributed by atoms with Crippen LogP contribution >= 0.6 is 0 Å². The Balaban J connectivity index is 1.29. The zero-order chi connectivity index (χ0) is 25.9. The van der Waals surface area contributed by atoms with E-state index in [1.807, 2.05) is 66.4 Å². The number of benzene rings is 2. The van der Waals surface area contributed by atoms with Crippen molar-refractivity contribution in [3.8, 4) is 0 Å². The Morgan fingerprint density at radius 3 is 2.43 bits per heavy atom. The van der Waals surface area contributed by atoms with E-state index in [0.29, 0.717) is 54.8 Å². The van der Waals surface area contributed by atoms with Gasteiger partial charge >= 0.3 is 0 Å². The number of piperazine rings is 1. The molecule has 1 amide bonds. The molecule has 188 valence electrons. The highest BCUT2D eigenvalue weighted by Crippen LogP contribution is 2.24. The molecule has 4 aromatic rings. The van der Waals surface area contributed by atoms with Crippen LogP contribution in [0.2, 0.25) is 0 Å². The molecule has 37 heavy (non-hydrogen) atoms. The number of anilines is 2. The number of fused-ring (bicyclic) bond motifs is 3. The van der Waals surface area contributed by atoms with E-state index in [9.17, 15) is 4.79 Å². The zero-order valence-electron chi connectivity index (χ0n) is 21.0. The van der Waals surface area contributed by atoms with Gasteiger partial charge < -0.3 is 19.9 Å². The number of aromatic nitrogens is 4. The van der Waals surface area contributed by atoms with Crippen LogP contribution < -0.4 is 5.32 Å². The van der Waals surface area contributed by atoms with Gasteiger partial charge in [-0.05, 0) is 49.4 Å². The van der Waals surface area contributed by atoms with Gasteiger partial charge in [0.1, 0.15) is 11.6 Å². The smallest absolute Gasteiger partial charge is 0.253 e. The lowest BCUT2D eigenvalue weighted by atomic mass is 10.1. The van der Waals surface area contributed by atoms with Crippen molar-refractivity contribution in [1.82, 2.24) is 29.4 Å². The number of hydrogen-bond acceptors (Lipinski definition) is 7. The van der Waals surface area contributed by atoms with Gasteiger partial charge in [-0.3, -0.25) is 4.79 Å². The third-order valence-corrected chi connectivity index (χ3v) is 6.38. The van der Waals surface area contributed by atoms with Crippen LogP contribution in [0.25, 0.3) is 16.7 Å². The number of allylic oxidation sites excluding steroid dienone is 2. The standard InChI is InChI=1S/C28H29N7O2/c1-5-8-24(19(2)37-4)33-15-17-34(18-16-33)28(36)21-11-13-22(14-12-21)30-26-27-29-20(3)32-35(27)25-10-7-6-9-23(25)31-26/h5-14H,1-2,15-18H2,3-4H3,(H,30,31)/b24-8+. The summed E-state index contributed by atoms with van der Waals surface area (Å²) in [5.74, 6) is 1.86. The molecular formula is C28H29N7O2. The monoisotopic (exact) mass is 495 g/mol. The van der Waals surface area contributed by atoms with Crippen LogP contribution in [-0.4, -0.2) is 68.6 Å². The lowest BCUT2D eigenvalue weighted by molar-refractivity contribution is 0.0665. The van der Waals surface area contributed by atoms with Gasteiger partial charge in [-0.15, -0.1) is 0 Å². The highest BCUT2D eigenvalue weighted by atomic mass is 16.5. The molecule has 0 spiro atoms. The van der Waals surface area contributed by atoms with E-state index in [4.69, 9.17) is 9.72 Å². The van der Waals surface area contributed by atoms with E-state index in [-0.39, 0.29) is 5.91 Å². The molecule has 0 radical (unpaired) electrons. The molecule has 0 unspecified atom stereocenters. The lowest BCUT2D eigenvalue weighted by Crippen LogP contribution is -2.48. The summed E-state index contributed by atoms with van der Waals surface area (Å²) in [6.07, 6.45) is 3.60. The Morgan fingerprint density at radius 2 is 1.73 bits per heavy atom.